The maximum Gasteiger partial charge on any atom is 0.106 e. The van der Waals surface area contributed by atoms with Gasteiger partial charge in [-0.1, -0.05) is 30.1 Å². The minimum atomic E-state index is 0.552. The number of halogens is 2. The molecule has 2 rings (SSSR count). The van der Waals surface area contributed by atoms with Crippen LogP contribution in [-0.2, 0) is 0 Å². The molecule has 0 amide bonds. The summed E-state index contributed by atoms with van der Waals surface area (Å²) in [4.78, 5) is 8.80. The molecule has 0 aliphatic rings. The van der Waals surface area contributed by atoms with Crippen molar-refractivity contribution in [1.82, 2.24) is 4.98 Å². The van der Waals surface area contributed by atoms with Gasteiger partial charge in [0, 0.05) is 23.0 Å². The number of hydrogen-bond acceptors (Lipinski definition) is 3. The average molecular weight is 325 g/mol. The molecule has 0 aliphatic heterocycles. The van der Waals surface area contributed by atoms with E-state index in [4.69, 9.17) is 23.2 Å². The van der Waals surface area contributed by atoms with E-state index in [1.165, 1.54) is 0 Å². The Morgan fingerprint density at radius 2 is 2.15 bits per heavy atom. The smallest absolute Gasteiger partial charge is 0.106 e. The second-order valence-corrected chi connectivity index (χ2v) is 6.03. The highest BCUT2D eigenvalue weighted by Gasteiger charge is 2.07. The summed E-state index contributed by atoms with van der Waals surface area (Å²) in [7, 11) is 0. The third-order valence-corrected chi connectivity index (χ3v) is 4.23. The molecule has 1 heterocycles. The quantitative estimate of drug-likeness (QED) is 0.539. The van der Waals surface area contributed by atoms with E-state index in [0.717, 1.165) is 28.5 Å². The highest BCUT2D eigenvalue weighted by atomic mass is 35.5. The van der Waals surface area contributed by atoms with Gasteiger partial charge in [-0.3, -0.25) is 4.98 Å². The Morgan fingerprint density at radius 3 is 2.80 bits per heavy atom. The van der Waals surface area contributed by atoms with Crippen LogP contribution >= 0.6 is 35.0 Å². The van der Waals surface area contributed by atoms with Gasteiger partial charge in [-0.2, -0.15) is 0 Å². The molecule has 0 aliphatic carbocycles. The zero-order valence-electron chi connectivity index (χ0n) is 11.0. The minimum Gasteiger partial charge on any atom is -0.264 e. The predicted molar refractivity (Wildman–Crippen MR) is 89.6 cm³/mol. The van der Waals surface area contributed by atoms with Crippen LogP contribution in [0, 0.1) is 0 Å². The number of rotatable bonds is 4. The van der Waals surface area contributed by atoms with Crippen molar-refractivity contribution in [2.45, 2.75) is 13.3 Å². The molecule has 0 saturated carbocycles. The van der Waals surface area contributed by atoms with E-state index in [1.54, 1.807) is 30.1 Å². The molecule has 0 fully saturated rings. The average Bonchev–Trinajstić information content (AvgIpc) is 2.46. The molecule has 0 unspecified atom stereocenters. The van der Waals surface area contributed by atoms with Crippen molar-refractivity contribution in [3.05, 3.63) is 58.3 Å². The molecule has 2 aromatic rings. The van der Waals surface area contributed by atoms with Gasteiger partial charge in [0.05, 0.1) is 10.7 Å². The normalized spacial score (nSPS) is 11.7. The second kappa shape index (κ2) is 7.67. The van der Waals surface area contributed by atoms with Crippen molar-refractivity contribution >= 4 is 45.7 Å². The lowest BCUT2D eigenvalue weighted by Crippen LogP contribution is -1.97. The molecule has 0 bridgehead atoms. The fourth-order valence-corrected chi connectivity index (χ4v) is 2.85. The Hall–Kier alpha value is -1.03. The Balaban J connectivity index is 2.37. The van der Waals surface area contributed by atoms with Gasteiger partial charge in [-0.25, -0.2) is 4.99 Å². The second-order valence-electron chi connectivity index (χ2n) is 4.10. The fourth-order valence-electron chi connectivity index (χ4n) is 1.55. The van der Waals surface area contributed by atoms with Crippen LogP contribution in [0.5, 0.6) is 0 Å². The maximum atomic E-state index is 6.18. The van der Waals surface area contributed by atoms with Crippen LogP contribution in [0.3, 0.4) is 0 Å². The molecular formula is C15H14Cl2N2S. The molecule has 5 heteroatoms. The molecule has 0 saturated heterocycles. The molecule has 20 heavy (non-hydrogen) atoms. The lowest BCUT2D eigenvalue weighted by atomic mass is 10.3. The summed E-state index contributed by atoms with van der Waals surface area (Å²) in [5.74, 6) is 0.999. The van der Waals surface area contributed by atoms with Crippen molar-refractivity contribution in [3.8, 4) is 0 Å². The van der Waals surface area contributed by atoms with Crippen LogP contribution in [0.25, 0.3) is 0 Å². The van der Waals surface area contributed by atoms with Gasteiger partial charge in [-0.05, 0) is 42.5 Å². The molecule has 2 nitrogen and oxygen atoms in total. The van der Waals surface area contributed by atoms with Gasteiger partial charge < -0.3 is 0 Å². The summed E-state index contributed by atoms with van der Waals surface area (Å²) in [5.41, 5.74) is 1.72. The number of aromatic nitrogens is 1. The number of aliphatic imine (C=N–C) groups is 1. The van der Waals surface area contributed by atoms with E-state index >= 15 is 0 Å². The van der Waals surface area contributed by atoms with Crippen LogP contribution in [0.15, 0.2) is 47.7 Å². The molecule has 0 N–H and O–H groups in total. The van der Waals surface area contributed by atoms with Gasteiger partial charge >= 0.3 is 0 Å². The van der Waals surface area contributed by atoms with Gasteiger partial charge in [0.2, 0.25) is 0 Å². The van der Waals surface area contributed by atoms with Crippen LogP contribution < -0.4 is 0 Å². The number of benzene rings is 1. The third-order valence-electron chi connectivity index (χ3n) is 2.48. The lowest BCUT2D eigenvalue weighted by Gasteiger charge is -2.06. The highest BCUT2D eigenvalue weighted by Crippen LogP contribution is 2.30. The summed E-state index contributed by atoms with van der Waals surface area (Å²) >= 11 is 13.8. The summed E-state index contributed by atoms with van der Waals surface area (Å²) in [6.07, 6.45) is 4.64. The van der Waals surface area contributed by atoms with E-state index < -0.39 is 0 Å². The van der Waals surface area contributed by atoms with E-state index in [0.29, 0.717) is 10.0 Å². The van der Waals surface area contributed by atoms with Crippen molar-refractivity contribution in [2.24, 2.45) is 4.99 Å². The standard InChI is InChI=1S/C15H14Cl2N2S/c1-2-8-20-15(11-4-3-7-18-10-11)19-14-6-5-12(16)9-13(14)17/h3-7,9-10H,2,8H2,1H3. The van der Waals surface area contributed by atoms with Crippen molar-refractivity contribution in [1.29, 1.82) is 0 Å². The summed E-state index contributed by atoms with van der Waals surface area (Å²) in [6.45, 7) is 2.14. The van der Waals surface area contributed by atoms with Gasteiger partial charge in [0.25, 0.3) is 0 Å². The van der Waals surface area contributed by atoms with E-state index in [1.807, 2.05) is 24.4 Å². The van der Waals surface area contributed by atoms with E-state index in [9.17, 15) is 0 Å². The maximum absolute atomic E-state index is 6.18. The lowest BCUT2D eigenvalue weighted by molar-refractivity contribution is 1.11. The summed E-state index contributed by atoms with van der Waals surface area (Å²) < 4.78 is 0. The first-order chi connectivity index (χ1) is 9.70. The number of nitrogens with zero attached hydrogens (tertiary/aromatic N) is 2. The Morgan fingerprint density at radius 1 is 1.30 bits per heavy atom. The number of thioether (sulfide) groups is 1. The summed E-state index contributed by atoms with van der Waals surface area (Å²) in [6, 6.07) is 9.22. The predicted octanol–water partition coefficient (Wildman–Crippen LogP) is 5.61. The fraction of sp³-hybridized carbons (Fsp3) is 0.200. The molecule has 0 radical (unpaired) electrons. The highest BCUT2D eigenvalue weighted by molar-refractivity contribution is 8.14. The van der Waals surface area contributed by atoms with Gasteiger partial charge in [0.1, 0.15) is 5.04 Å². The number of hydrogen-bond donors (Lipinski definition) is 0. The van der Waals surface area contributed by atoms with E-state index in [2.05, 4.69) is 16.9 Å². The summed E-state index contributed by atoms with van der Waals surface area (Å²) in [5, 5.41) is 2.08. The Labute approximate surface area is 133 Å². The number of pyridine rings is 1. The van der Waals surface area contributed by atoms with Crippen molar-refractivity contribution in [2.75, 3.05) is 5.75 Å². The Kier molecular flexibility index (Phi) is 5.89. The first kappa shape index (κ1) is 15.4. The molecule has 1 aromatic heterocycles. The molecule has 104 valence electrons. The van der Waals surface area contributed by atoms with Gasteiger partial charge in [-0.15, -0.1) is 11.8 Å². The van der Waals surface area contributed by atoms with Gasteiger partial charge in [0.15, 0.2) is 0 Å². The first-order valence-corrected chi connectivity index (χ1v) is 8.02. The monoisotopic (exact) mass is 324 g/mol. The van der Waals surface area contributed by atoms with Crippen LogP contribution in [0.4, 0.5) is 5.69 Å². The van der Waals surface area contributed by atoms with E-state index in [-0.39, 0.29) is 0 Å². The largest absolute Gasteiger partial charge is 0.264 e. The molecule has 0 atom stereocenters. The van der Waals surface area contributed by atoms with Crippen LogP contribution in [0.1, 0.15) is 18.9 Å². The van der Waals surface area contributed by atoms with Crippen molar-refractivity contribution in [3.63, 3.8) is 0 Å². The van der Waals surface area contributed by atoms with Crippen LogP contribution in [0.2, 0.25) is 10.0 Å². The molecule has 0 spiro atoms. The zero-order chi connectivity index (χ0) is 14.4. The minimum absolute atomic E-state index is 0.552. The first-order valence-electron chi connectivity index (χ1n) is 6.27. The van der Waals surface area contributed by atoms with Crippen LogP contribution in [-0.4, -0.2) is 15.8 Å². The van der Waals surface area contributed by atoms with Crippen molar-refractivity contribution < 1.29 is 0 Å². The third kappa shape index (κ3) is 4.23. The Bertz CT molecular complexity index is 600. The molecule has 1 aromatic carbocycles. The molecular weight excluding hydrogens is 311 g/mol. The SMILES string of the molecule is CCCSC(=Nc1ccc(Cl)cc1Cl)c1cccnc1. The topological polar surface area (TPSA) is 25.2 Å². The zero-order valence-corrected chi connectivity index (χ0v) is 13.3.